The predicted octanol–water partition coefficient (Wildman–Crippen LogP) is 0.470. The lowest BCUT2D eigenvalue weighted by Gasteiger charge is -2.24. The molecule has 4 heterocycles. The third-order valence-electron chi connectivity index (χ3n) is 4.59. The zero-order valence-corrected chi connectivity index (χ0v) is 18.0. The Morgan fingerprint density at radius 1 is 1.45 bits per heavy atom. The third-order valence-corrected chi connectivity index (χ3v) is 5.23. The Hall–Kier alpha value is -1.86. The fraction of sp³-hybridized carbons (Fsp3) is 0.647. The van der Waals surface area contributed by atoms with Crippen molar-refractivity contribution in [3.05, 3.63) is 16.7 Å². The number of ether oxygens (including phenoxy) is 3. The highest BCUT2D eigenvalue weighted by Gasteiger charge is 2.55. The largest absolute Gasteiger partial charge is 0.394 e. The Bertz CT molecular complexity index is 957. The van der Waals surface area contributed by atoms with E-state index >= 15 is 0 Å². The highest BCUT2D eigenvalue weighted by molar-refractivity contribution is 9.10. The number of nitrogen functional groups attached to an aromatic ring is 1. The quantitative estimate of drug-likeness (QED) is 0.539. The standard InChI is InChI=1S/C13H17N5O5.C4H7BrO/c1-13(2)22-7-5(3-19)21-11(8(7)23-13)18-4-15-6-9(18)16-12(14)17-10(6)20;1-3(5)4(2)6/h4-5,7-8,11,19H,3H2,1-2H3,(H3,14,16,17,20);3H,1-2H3. The number of anilines is 1. The van der Waals surface area contributed by atoms with Crippen molar-refractivity contribution < 1.29 is 24.1 Å². The molecule has 0 spiro atoms. The zero-order valence-electron chi connectivity index (χ0n) is 16.5. The first-order valence-corrected chi connectivity index (χ1v) is 9.94. The number of aromatic nitrogens is 4. The number of carbonyl (C=O) groups is 1. The summed E-state index contributed by atoms with van der Waals surface area (Å²) in [4.78, 5) is 32.6. The Labute approximate surface area is 174 Å². The van der Waals surface area contributed by atoms with Gasteiger partial charge in [-0.3, -0.25) is 19.1 Å². The molecule has 2 aromatic rings. The summed E-state index contributed by atoms with van der Waals surface area (Å²) in [5, 5.41) is 9.52. The summed E-state index contributed by atoms with van der Waals surface area (Å²) < 4.78 is 19.1. The van der Waals surface area contributed by atoms with Crippen molar-refractivity contribution in [2.45, 2.75) is 62.8 Å². The molecule has 0 saturated carbocycles. The molecule has 160 valence electrons. The SMILES string of the molecule is CC(=O)C(C)Br.CC1(C)OC2C(CO)OC(n3cnc4c(=O)[nH]c(N)nc43)C2O1. The Morgan fingerprint density at radius 2 is 2.07 bits per heavy atom. The lowest BCUT2D eigenvalue weighted by molar-refractivity contribution is -0.199. The van der Waals surface area contributed by atoms with Gasteiger partial charge in [-0.2, -0.15) is 4.98 Å². The Morgan fingerprint density at radius 3 is 2.66 bits per heavy atom. The van der Waals surface area contributed by atoms with Gasteiger partial charge >= 0.3 is 0 Å². The van der Waals surface area contributed by atoms with E-state index in [1.807, 2.05) is 6.92 Å². The molecule has 29 heavy (non-hydrogen) atoms. The van der Waals surface area contributed by atoms with Crippen LogP contribution in [0.1, 0.15) is 33.9 Å². The van der Waals surface area contributed by atoms with Gasteiger partial charge in [-0.25, -0.2) is 4.98 Å². The van der Waals surface area contributed by atoms with Gasteiger partial charge in [-0.05, 0) is 27.7 Å². The molecule has 0 bridgehead atoms. The van der Waals surface area contributed by atoms with E-state index < -0.39 is 35.9 Å². The van der Waals surface area contributed by atoms with Gasteiger partial charge in [0.1, 0.15) is 24.1 Å². The van der Waals surface area contributed by atoms with Gasteiger partial charge < -0.3 is 25.1 Å². The topological polar surface area (TPSA) is 155 Å². The van der Waals surface area contributed by atoms with Crippen molar-refractivity contribution in [2.24, 2.45) is 0 Å². The minimum atomic E-state index is -0.787. The number of ketones is 1. The smallest absolute Gasteiger partial charge is 0.280 e. The average molecular weight is 474 g/mol. The lowest BCUT2D eigenvalue weighted by Crippen LogP contribution is -2.31. The number of nitrogens with zero attached hydrogens (tertiary/aromatic N) is 3. The maximum Gasteiger partial charge on any atom is 0.280 e. The molecule has 0 amide bonds. The van der Waals surface area contributed by atoms with E-state index in [2.05, 4.69) is 30.9 Å². The molecular weight excluding hydrogens is 450 g/mol. The first-order valence-electron chi connectivity index (χ1n) is 9.03. The summed E-state index contributed by atoms with van der Waals surface area (Å²) in [5.41, 5.74) is 5.63. The number of aliphatic hydroxyl groups excluding tert-OH is 1. The number of hydrogen-bond acceptors (Lipinski definition) is 9. The molecule has 2 fully saturated rings. The van der Waals surface area contributed by atoms with E-state index in [-0.39, 0.29) is 28.7 Å². The monoisotopic (exact) mass is 473 g/mol. The van der Waals surface area contributed by atoms with Crippen molar-refractivity contribution in [3.8, 4) is 0 Å². The van der Waals surface area contributed by atoms with Crippen LogP contribution in [-0.4, -0.2) is 65.9 Å². The summed E-state index contributed by atoms with van der Waals surface area (Å²) >= 11 is 3.09. The Balaban J connectivity index is 0.000000353. The second kappa shape index (κ2) is 8.11. The molecule has 0 radical (unpaired) electrons. The first-order chi connectivity index (χ1) is 13.5. The van der Waals surface area contributed by atoms with Gasteiger partial charge in [0.25, 0.3) is 5.56 Å². The number of H-pyrrole nitrogens is 1. The van der Waals surface area contributed by atoms with E-state index in [4.69, 9.17) is 19.9 Å². The second-order valence-electron chi connectivity index (χ2n) is 7.31. The number of alkyl halides is 1. The van der Waals surface area contributed by atoms with Crippen LogP contribution in [0.4, 0.5) is 5.95 Å². The zero-order chi connectivity index (χ0) is 21.5. The maximum atomic E-state index is 11.9. The van der Waals surface area contributed by atoms with Crippen molar-refractivity contribution in [1.82, 2.24) is 19.5 Å². The molecule has 11 nitrogen and oxygen atoms in total. The van der Waals surface area contributed by atoms with E-state index in [1.165, 1.54) is 6.33 Å². The summed E-state index contributed by atoms with van der Waals surface area (Å²) in [7, 11) is 0. The minimum absolute atomic E-state index is 0.0126. The fourth-order valence-corrected chi connectivity index (χ4v) is 3.16. The van der Waals surface area contributed by atoms with Crippen LogP contribution < -0.4 is 11.3 Å². The third kappa shape index (κ3) is 4.36. The number of imidazole rings is 1. The van der Waals surface area contributed by atoms with E-state index in [9.17, 15) is 14.7 Å². The van der Waals surface area contributed by atoms with E-state index in [1.54, 1.807) is 25.3 Å². The number of fused-ring (bicyclic) bond motifs is 2. The fourth-order valence-electron chi connectivity index (χ4n) is 3.16. The van der Waals surface area contributed by atoms with Gasteiger partial charge in [0, 0.05) is 0 Å². The summed E-state index contributed by atoms with van der Waals surface area (Å²) in [6.45, 7) is 6.75. The van der Waals surface area contributed by atoms with Crippen LogP contribution in [0.25, 0.3) is 11.2 Å². The normalized spacial score (nSPS) is 28.6. The van der Waals surface area contributed by atoms with Crippen molar-refractivity contribution in [2.75, 3.05) is 12.3 Å². The highest BCUT2D eigenvalue weighted by Crippen LogP contribution is 2.43. The molecule has 4 rings (SSSR count). The van der Waals surface area contributed by atoms with E-state index in [0.29, 0.717) is 5.65 Å². The number of Topliss-reactive ketones (excluding diaryl/α,β-unsaturated/α-hetero) is 1. The van der Waals surface area contributed by atoms with Gasteiger partial charge in [-0.15, -0.1) is 0 Å². The molecule has 12 heteroatoms. The molecule has 2 aliphatic heterocycles. The number of hydrogen-bond donors (Lipinski definition) is 3. The van der Waals surface area contributed by atoms with Gasteiger partial charge in [-0.1, -0.05) is 15.9 Å². The van der Waals surface area contributed by atoms with Crippen LogP contribution in [0.5, 0.6) is 0 Å². The molecule has 2 saturated heterocycles. The molecule has 4 N–H and O–H groups in total. The molecule has 5 atom stereocenters. The molecule has 0 aromatic carbocycles. The van der Waals surface area contributed by atoms with Crippen LogP contribution in [0.3, 0.4) is 0 Å². The van der Waals surface area contributed by atoms with Gasteiger partial charge in [0.2, 0.25) is 5.95 Å². The highest BCUT2D eigenvalue weighted by atomic mass is 79.9. The molecule has 5 unspecified atom stereocenters. The average Bonchev–Trinajstić information content (AvgIpc) is 3.25. The second-order valence-corrected chi connectivity index (χ2v) is 8.69. The number of aliphatic hydroxyl groups is 1. The van der Waals surface area contributed by atoms with Crippen LogP contribution in [-0.2, 0) is 19.0 Å². The van der Waals surface area contributed by atoms with Crippen LogP contribution in [0.2, 0.25) is 0 Å². The number of aromatic amines is 1. The summed E-state index contributed by atoms with van der Waals surface area (Å²) in [5.74, 6) is -0.623. The maximum absolute atomic E-state index is 11.9. The van der Waals surface area contributed by atoms with Crippen molar-refractivity contribution >= 4 is 38.8 Å². The van der Waals surface area contributed by atoms with Gasteiger partial charge in [0.15, 0.2) is 23.2 Å². The summed E-state index contributed by atoms with van der Waals surface area (Å²) in [6, 6.07) is 0. The number of rotatable bonds is 3. The van der Waals surface area contributed by atoms with Crippen LogP contribution in [0.15, 0.2) is 11.1 Å². The minimum Gasteiger partial charge on any atom is -0.394 e. The predicted molar refractivity (Wildman–Crippen MR) is 106 cm³/mol. The number of nitrogens with one attached hydrogen (secondary N) is 1. The number of nitrogens with two attached hydrogens (primary N) is 1. The summed E-state index contributed by atoms with van der Waals surface area (Å²) in [6.07, 6.45) is -0.595. The van der Waals surface area contributed by atoms with Crippen LogP contribution >= 0.6 is 15.9 Å². The molecular formula is C17H24BrN5O6. The molecule has 2 aromatic heterocycles. The van der Waals surface area contributed by atoms with Crippen molar-refractivity contribution in [1.29, 1.82) is 0 Å². The van der Waals surface area contributed by atoms with Gasteiger partial charge in [0.05, 0.1) is 17.8 Å². The first kappa shape index (κ1) is 21.8. The van der Waals surface area contributed by atoms with Crippen LogP contribution in [0, 0.1) is 0 Å². The molecule has 2 aliphatic rings. The van der Waals surface area contributed by atoms with E-state index in [0.717, 1.165) is 0 Å². The number of carbonyl (C=O) groups excluding carboxylic acids is 1. The molecule has 0 aliphatic carbocycles. The lowest BCUT2D eigenvalue weighted by atomic mass is 10.1. The van der Waals surface area contributed by atoms with Crippen molar-refractivity contribution in [3.63, 3.8) is 0 Å². The Kier molecular flexibility index (Phi) is 6.11. The number of halogens is 1.